The van der Waals surface area contributed by atoms with E-state index in [0.717, 1.165) is 27.8 Å². The summed E-state index contributed by atoms with van der Waals surface area (Å²) in [4.78, 5) is 0. The summed E-state index contributed by atoms with van der Waals surface area (Å²) in [6.45, 7) is 0. The first-order valence-corrected chi connectivity index (χ1v) is 11.6. The molecule has 1 heterocycles. The number of rotatable bonds is 3. The average molecular weight is 461 g/mol. The van der Waals surface area contributed by atoms with Crippen LogP contribution in [-0.2, 0) is 5.60 Å². The molecular weight excluding hydrogens is 440 g/mol. The van der Waals surface area contributed by atoms with Crippen LogP contribution in [0.15, 0.2) is 121 Å². The van der Waals surface area contributed by atoms with E-state index in [1.54, 1.807) is 0 Å². The van der Waals surface area contributed by atoms with Crippen molar-refractivity contribution in [3.05, 3.63) is 143 Å². The molecule has 0 aliphatic carbocycles. The molecule has 0 saturated carbocycles. The van der Waals surface area contributed by atoms with Gasteiger partial charge in [-0.1, -0.05) is 115 Å². The zero-order valence-electron chi connectivity index (χ0n) is 18.3. The van der Waals surface area contributed by atoms with Crippen LogP contribution in [-0.4, -0.2) is 5.11 Å². The molecule has 0 radical (unpaired) electrons. The Labute approximate surface area is 203 Å². The molecule has 5 aromatic rings. The largest absolute Gasteiger partial charge is 0.456 e. The number of hydrogen-bond acceptors (Lipinski definition) is 2. The summed E-state index contributed by atoms with van der Waals surface area (Å²) < 4.78 is 6.46. The number of para-hydroxylation sites is 1. The predicted molar refractivity (Wildman–Crippen MR) is 137 cm³/mol. The van der Waals surface area contributed by atoms with E-state index in [-0.39, 0.29) is 0 Å². The smallest absolute Gasteiger partial charge is 0.148 e. The zero-order valence-corrected chi connectivity index (χ0v) is 19.0. The molecule has 0 spiro atoms. The third kappa shape index (κ3) is 3.23. The van der Waals surface area contributed by atoms with Crippen LogP contribution in [0.2, 0.25) is 5.02 Å². The fraction of sp³-hybridized carbons (Fsp3) is 0.0323. The minimum Gasteiger partial charge on any atom is -0.456 e. The van der Waals surface area contributed by atoms with E-state index in [4.69, 9.17) is 16.3 Å². The van der Waals surface area contributed by atoms with E-state index < -0.39 is 5.60 Å². The molecule has 5 aromatic carbocycles. The highest BCUT2D eigenvalue weighted by Crippen LogP contribution is 2.55. The highest BCUT2D eigenvalue weighted by atomic mass is 35.5. The predicted octanol–water partition coefficient (Wildman–Crippen LogP) is 8.06. The van der Waals surface area contributed by atoms with Crippen LogP contribution in [0.25, 0.3) is 22.3 Å². The van der Waals surface area contributed by atoms with Crippen molar-refractivity contribution in [2.45, 2.75) is 5.60 Å². The van der Waals surface area contributed by atoms with Crippen molar-refractivity contribution >= 4 is 11.6 Å². The number of halogens is 1. The normalized spacial score (nSPS) is 16.3. The van der Waals surface area contributed by atoms with Crippen LogP contribution in [0, 0.1) is 0 Å². The first-order chi connectivity index (χ1) is 16.7. The zero-order chi connectivity index (χ0) is 23.1. The first kappa shape index (κ1) is 20.7. The van der Waals surface area contributed by atoms with E-state index in [0.29, 0.717) is 27.6 Å². The Hall–Kier alpha value is -3.85. The van der Waals surface area contributed by atoms with Gasteiger partial charge in [0.2, 0.25) is 0 Å². The number of ether oxygens (including phenoxy) is 1. The van der Waals surface area contributed by atoms with Gasteiger partial charge >= 0.3 is 0 Å². The van der Waals surface area contributed by atoms with Gasteiger partial charge in [-0.25, -0.2) is 0 Å². The van der Waals surface area contributed by atoms with Gasteiger partial charge in [-0.05, 0) is 34.9 Å². The second kappa shape index (κ2) is 8.18. The molecule has 1 unspecified atom stereocenters. The van der Waals surface area contributed by atoms with Crippen LogP contribution >= 0.6 is 11.6 Å². The van der Waals surface area contributed by atoms with Gasteiger partial charge < -0.3 is 9.84 Å². The molecule has 6 rings (SSSR count). The highest BCUT2D eigenvalue weighted by molar-refractivity contribution is 6.31. The van der Waals surface area contributed by atoms with Crippen molar-refractivity contribution in [3.8, 4) is 33.8 Å². The molecular formula is C31H21ClO2. The summed E-state index contributed by atoms with van der Waals surface area (Å²) >= 11 is 6.66. The number of aliphatic hydroxyl groups is 1. The summed E-state index contributed by atoms with van der Waals surface area (Å²) in [5.74, 6) is 1.24. The lowest BCUT2D eigenvalue weighted by Crippen LogP contribution is -2.33. The summed E-state index contributed by atoms with van der Waals surface area (Å²) in [6.07, 6.45) is 0. The Bertz CT molecular complexity index is 1500. The Balaban J connectivity index is 1.70. The van der Waals surface area contributed by atoms with Gasteiger partial charge in [0.25, 0.3) is 0 Å². The monoisotopic (exact) mass is 460 g/mol. The van der Waals surface area contributed by atoms with Crippen LogP contribution in [0.3, 0.4) is 0 Å². The maximum absolute atomic E-state index is 12.7. The summed E-state index contributed by atoms with van der Waals surface area (Å²) in [6, 6.07) is 39.5. The van der Waals surface area contributed by atoms with Gasteiger partial charge in [-0.2, -0.15) is 0 Å². The van der Waals surface area contributed by atoms with E-state index in [1.165, 1.54) is 0 Å². The van der Waals surface area contributed by atoms with Crippen molar-refractivity contribution in [3.63, 3.8) is 0 Å². The molecule has 0 fully saturated rings. The van der Waals surface area contributed by atoms with Crippen molar-refractivity contribution in [2.75, 3.05) is 0 Å². The van der Waals surface area contributed by atoms with Gasteiger partial charge in [0.15, 0.2) is 0 Å². The molecule has 34 heavy (non-hydrogen) atoms. The van der Waals surface area contributed by atoms with E-state index >= 15 is 0 Å². The molecule has 164 valence electrons. The molecule has 1 aliphatic rings. The second-order valence-electron chi connectivity index (χ2n) is 8.42. The Morgan fingerprint density at radius 2 is 1.12 bits per heavy atom. The molecule has 1 N–H and O–H groups in total. The van der Waals surface area contributed by atoms with Crippen molar-refractivity contribution in [1.29, 1.82) is 0 Å². The van der Waals surface area contributed by atoms with Crippen LogP contribution < -0.4 is 4.74 Å². The van der Waals surface area contributed by atoms with Gasteiger partial charge in [0.05, 0.1) is 0 Å². The van der Waals surface area contributed by atoms with Crippen LogP contribution in [0.5, 0.6) is 11.5 Å². The van der Waals surface area contributed by atoms with Gasteiger partial charge in [0, 0.05) is 27.3 Å². The van der Waals surface area contributed by atoms with Crippen LogP contribution in [0.1, 0.15) is 16.7 Å². The van der Waals surface area contributed by atoms with Gasteiger partial charge in [-0.15, -0.1) is 0 Å². The lowest BCUT2D eigenvalue weighted by molar-refractivity contribution is 0.113. The third-order valence-corrected chi connectivity index (χ3v) is 6.64. The molecule has 0 amide bonds. The standard InChI is InChI=1S/C31H21ClO2/c32-23-19-25(22-13-5-2-6-14-22)30-28(20-23)31(33,27-17-9-10-18-29(27)34-30)26-16-8-7-15-24(26)21-11-3-1-4-12-21/h1-20,33H. The lowest BCUT2D eigenvalue weighted by Gasteiger charge is -2.38. The fourth-order valence-electron chi connectivity index (χ4n) is 4.87. The molecule has 0 aromatic heterocycles. The maximum atomic E-state index is 12.7. The SMILES string of the molecule is OC1(c2ccccc2-c2ccccc2)c2ccccc2Oc2c(-c3ccccc3)cc(Cl)cc21. The Morgan fingerprint density at radius 1 is 0.559 bits per heavy atom. The Kier molecular flexibility index (Phi) is 4.99. The lowest BCUT2D eigenvalue weighted by atomic mass is 9.74. The van der Waals surface area contributed by atoms with E-state index in [9.17, 15) is 5.11 Å². The molecule has 1 atom stereocenters. The van der Waals surface area contributed by atoms with Crippen molar-refractivity contribution in [2.24, 2.45) is 0 Å². The second-order valence-corrected chi connectivity index (χ2v) is 8.85. The fourth-order valence-corrected chi connectivity index (χ4v) is 5.09. The number of fused-ring (bicyclic) bond motifs is 2. The minimum atomic E-state index is -1.47. The molecule has 1 aliphatic heterocycles. The first-order valence-electron chi connectivity index (χ1n) is 11.2. The Morgan fingerprint density at radius 3 is 1.82 bits per heavy atom. The molecule has 2 nitrogen and oxygen atoms in total. The van der Waals surface area contributed by atoms with E-state index in [2.05, 4.69) is 12.1 Å². The van der Waals surface area contributed by atoms with Crippen molar-refractivity contribution < 1.29 is 9.84 Å². The minimum absolute atomic E-state index is 0.538. The summed E-state index contributed by atoms with van der Waals surface area (Å²) in [5, 5.41) is 13.3. The molecule has 0 saturated heterocycles. The average Bonchev–Trinajstić information content (AvgIpc) is 2.90. The molecule has 3 heteroatoms. The number of hydrogen-bond donors (Lipinski definition) is 1. The quantitative estimate of drug-likeness (QED) is 0.295. The summed E-state index contributed by atoms with van der Waals surface area (Å²) in [5.41, 5.74) is 4.42. The molecule has 0 bridgehead atoms. The number of benzene rings is 5. The summed E-state index contributed by atoms with van der Waals surface area (Å²) in [7, 11) is 0. The van der Waals surface area contributed by atoms with E-state index in [1.807, 2.05) is 109 Å². The van der Waals surface area contributed by atoms with Gasteiger partial charge in [-0.3, -0.25) is 0 Å². The highest BCUT2D eigenvalue weighted by Gasteiger charge is 2.44. The van der Waals surface area contributed by atoms with Crippen molar-refractivity contribution in [1.82, 2.24) is 0 Å². The van der Waals surface area contributed by atoms with Gasteiger partial charge in [0.1, 0.15) is 17.1 Å². The third-order valence-electron chi connectivity index (χ3n) is 6.42. The maximum Gasteiger partial charge on any atom is 0.148 e. The van der Waals surface area contributed by atoms with Crippen LogP contribution in [0.4, 0.5) is 0 Å². The topological polar surface area (TPSA) is 29.5 Å².